The van der Waals surface area contributed by atoms with Gasteiger partial charge in [-0.3, -0.25) is 10.1 Å². The molecule has 0 radical (unpaired) electrons. The lowest BCUT2D eigenvalue weighted by Crippen LogP contribution is -2.24. The minimum atomic E-state index is -1.74. The van der Waals surface area contributed by atoms with Crippen LogP contribution in [0.15, 0.2) is 6.07 Å². The first-order valence-electron chi connectivity index (χ1n) is 9.14. The first-order chi connectivity index (χ1) is 12.6. The van der Waals surface area contributed by atoms with E-state index < -0.39 is 5.67 Å². The first-order valence-corrected chi connectivity index (χ1v) is 9.95. The number of anilines is 2. The molecule has 0 aliphatic rings. The Bertz CT molecular complexity index is 800. The summed E-state index contributed by atoms with van der Waals surface area (Å²) in [6.45, 7) is 10.5. The molecule has 148 valence electrons. The molecule has 2 heterocycles. The van der Waals surface area contributed by atoms with Crippen LogP contribution < -0.4 is 10.6 Å². The molecule has 0 fully saturated rings. The van der Waals surface area contributed by atoms with Gasteiger partial charge in [-0.05, 0) is 58.6 Å². The van der Waals surface area contributed by atoms with E-state index in [9.17, 15) is 9.18 Å². The van der Waals surface area contributed by atoms with E-state index in [0.29, 0.717) is 0 Å². The van der Waals surface area contributed by atoms with E-state index >= 15 is 0 Å². The van der Waals surface area contributed by atoms with Crippen molar-refractivity contribution in [2.45, 2.75) is 72.5 Å². The Hall–Kier alpha value is -2.09. The summed E-state index contributed by atoms with van der Waals surface area (Å²) >= 11 is 1.81. The molecule has 0 saturated carbocycles. The molecule has 2 rings (SSSR count). The van der Waals surface area contributed by atoms with Gasteiger partial charge in [0.1, 0.15) is 0 Å². The van der Waals surface area contributed by atoms with Crippen LogP contribution in [0.1, 0.15) is 61.7 Å². The van der Waals surface area contributed by atoms with E-state index in [4.69, 9.17) is 0 Å². The van der Waals surface area contributed by atoms with E-state index in [-0.39, 0.29) is 29.7 Å². The number of thiophene rings is 1. The normalized spacial score (nSPS) is 12.7. The average Bonchev–Trinajstić information content (AvgIpc) is 2.87. The van der Waals surface area contributed by atoms with E-state index in [1.807, 2.05) is 11.3 Å². The Morgan fingerprint density at radius 3 is 2.44 bits per heavy atom. The van der Waals surface area contributed by atoms with Crippen molar-refractivity contribution >= 4 is 29.1 Å². The minimum Gasteiger partial charge on any atom is -0.351 e. The van der Waals surface area contributed by atoms with Crippen LogP contribution in [0.25, 0.3) is 0 Å². The number of rotatable bonds is 8. The van der Waals surface area contributed by atoms with Gasteiger partial charge in [-0.1, -0.05) is 6.92 Å². The average molecular weight is 394 g/mol. The zero-order valence-electron chi connectivity index (χ0n) is 16.8. The van der Waals surface area contributed by atoms with E-state index in [1.165, 1.54) is 36.1 Å². The highest BCUT2D eigenvalue weighted by atomic mass is 32.1. The summed E-state index contributed by atoms with van der Waals surface area (Å²) < 4.78 is 14.4. The number of hydrogen-bond acceptors (Lipinski definition) is 6. The molecule has 0 aromatic carbocycles. The van der Waals surface area contributed by atoms with Gasteiger partial charge in [0.15, 0.2) is 11.5 Å². The Balaban J connectivity index is 2.16. The number of amides is 1. The number of hydrogen-bond donors (Lipinski definition) is 2. The van der Waals surface area contributed by atoms with Crippen LogP contribution in [0.4, 0.5) is 16.3 Å². The van der Waals surface area contributed by atoms with Crippen molar-refractivity contribution in [2.24, 2.45) is 0 Å². The maximum atomic E-state index is 14.4. The lowest BCUT2D eigenvalue weighted by molar-refractivity contribution is -0.114. The molecular weight excluding hydrogens is 365 g/mol. The van der Waals surface area contributed by atoms with Gasteiger partial charge in [-0.2, -0.15) is 15.0 Å². The third-order valence-electron chi connectivity index (χ3n) is 4.19. The van der Waals surface area contributed by atoms with Gasteiger partial charge < -0.3 is 5.32 Å². The summed E-state index contributed by atoms with van der Waals surface area (Å²) in [5.74, 6) is 0.00689. The number of carbonyl (C=O) groups excluding carboxylic acids is 1. The molecule has 8 heteroatoms. The van der Waals surface area contributed by atoms with Gasteiger partial charge in [-0.15, -0.1) is 11.3 Å². The predicted octanol–water partition coefficient (Wildman–Crippen LogP) is 4.54. The Morgan fingerprint density at radius 2 is 1.93 bits per heavy atom. The number of alkyl halides is 1. The van der Waals surface area contributed by atoms with Crippen molar-refractivity contribution in [3.63, 3.8) is 0 Å². The van der Waals surface area contributed by atoms with Gasteiger partial charge >= 0.3 is 0 Å². The zero-order valence-corrected chi connectivity index (χ0v) is 17.6. The van der Waals surface area contributed by atoms with Crippen LogP contribution in [0.3, 0.4) is 0 Å². The topological polar surface area (TPSA) is 79.8 Å². The SMILES string of the molecule is CCC(CCc1cc(C)sc1C)Nc1nc(NC(C)=O)nc(C(C)(C)F)n1. The summed E-state index contributed by atoms with van der Waals surface area (Å²) in [6.07, 6.45) is 2.73. The van der Waals surface area contributed by atoms with Crippen molar-refractivity contribution < 1.29 is 9.18 Å². The maximum Gasteiger partial charge on any atom is 0.234 e. The summed E-state index contributed by atoms with van der Waals surface area (Å²) in [6, 6.07) is 2.36. The minimum absolute atomic E-state index is 0.0112. The summed E-state index contributed by atoms with van der Waals surface area (Å²) in [5, 5.41) is 5.79. The van der Waals surface area contributed by atoms with Crippen LogP contribution >= 0.6 is 11.3 Å². The summed E-state index contributed by atoms with van der Waals surface area (Å²) in [5.41, 5.74) is -0.377. The molecule has 2 N–H and O–H groups in total. The molecule has 0 saturated heterocycles. The lowest BCUT2D eigenvalue weighted by atomic mass is 10.0. The van der Waals surface area contributed by atoms with Gasteiger partial charge in [0, 0.05) is 22.7 Å². The van der Waals surface area contributed by atoms with Crippen LogP contribution in [-0.4, -0.2) is 26.9 Å². The van der Waals surface area contributed by atoms with Crippen molar-refractivity contribution in [1.29, 1.82) is 0 Å². The van der Waals surface area contributed by atoms with Crippen molar-refractivity contribution in [2.75, 3.05) is 10.6 Å². The second-order valence-corrected chi connectivity index (χ2v) is 8.65. The highest BCUT2D eigenvalue weighted by molar-refractivity contribution is 7.12. The largest absolute Gasteiger partial charge is 0.351 e. The fraction of sp³-hybridized carbons (Fsp3) is 0.579. The standard InChI is InChI=1S/C19H28FN5OS/c1-7-15(9-8-14-10-11(2)27-12(14)3)22-18-24-16(19(5,6)20)23-17(25-18)21-13(4)26/h10,15H,7-9H2,1-6H3,(H2,21,22,23,24,25,26). The van der Waals surface area contributed by atoms with Crippen molar-refractivity contribution in [1.82, 2.24) is 15.0 Å². The highest BCUT2D eigenvalue weighted by Gasteiger charge is 2.25. The van der Waals surface area contributed by atoms with Crippen LogP contribution in [0.2, 0.25) is 0 Å². The molecule has 1 amide bonds. The van der Waals surface area contributed by atoms with Gasteiger partial charge in [0.2, 0.25) is 17.8 Å². The molecule has 2 aromatic heterocycles. The molecule has 1 unspecified atom stereocenters. The number of aromatic nitrogens is 3. The van der Waals surface area contributed by atoms with Crippen molar-refractivity contribution in [3.8, 4) is 0 Å². The van der Waals surface area contributed by atoms with Crippen LogP contribution in [0.5, 0.6) is 0 Å². The molecule has 0 spiro atoms. The highest BCUT2D eigenvalue weighted by Crippen LogP contribution is 2.25. The number of nitrogens with one attached hydrogen (secondary N) is 2. The molecule has 0 bridgehead atoms. The number of aryl methyl sites for hydroxylation is 3. The van der Waals surface area contributed by atoms with E-state index in [2.05, 4.69) is 52.4 Å². The Kier molecular flexibility index (Phi) is 6.86. The van der Waals surface area contributed by atoms with Crippen molar-refractivity contribution in [3.05, 3.63) is 27.2 Å². The summed E-state index contributed by atoms with van der Waals surface area (Å²) in [7, 11) is 0. The molecule has 0 aliphatic heterocycles. The Morgan fingerprint density at radius 1 is 1.26 bits per heavy atom. The van der Waals surface area contributed by atoms with Gasteiger partial charge in [-0.25, -0.2) is 4.39 Å². The molecular formula is C19H28FN5OS. The fourth-order valence-corrected chi connectivity index (χ4v) is 3.72. The van der Waals surface area contributed by atoms with Gasteiger partial charge in [0.25, 0.3) is 0 Å². The maximum absolute atomic E-state index is 14.4. The first kappa shape index (κ1) is 21.2. The fourth-order valence-electron chi connectivity index (χ4n) is 2.74. The smallest absolute Gasteiger partial charge is 0.234 e. The monoisotopic (exact) mass is 393 g/mol. The Labute approximate surface area is 164 Å². The van der Waals surface area contributed by atoms with E-state index in [1.54, 1.807) is 0 Å². The van der Waals surface area contributed by atoms with Crippen LogP contribution in [0, 0.1) is 13.8 Å². The van der Waals surface area contributed by atoms with Gasteiger partial charge in [0.05, 0.1) is 0 Å². The molecule has 0 aliphatic carbocycles. The quantitative estimate of drug-likeness (QED) is 0.688. The zero-order chi connectivity index (χ0) is 20.2. The molecule has 1 atom stereocenters. The molecule has 27 heavy (non-hydrogen) atoms. The summed E-state index contributed by atoms with van der Waals surface area (Å²) in [4.78, 5) is 26.5. The number of carbonyl (C=O) groups is 1. The van der Waals surface area contributed by atoms with Crippen LogP contribution in [-0.2, 0) is 16.9 Å². The third-order valence-corrected chi connectivity index (χ3v) is 5.20. The second kappa shape index (κ2) is 8.73. The predicted molar refractivity (Wildman–Crippen MR) is 108 cm³/mol. The number of nitrogens with zero attached hydrogens (tertiary/aromatic N) is 3. The number of halogens is 1. The lowest BCUT2D eigenvalue weighted by Gasteiger charge is -2.19. The van der Waals surface area contributed by atoms with E-state index in [0.717, 1.165) is 19.3 Å². The molecule has 6 nitrogen and oxygen atoms in total. The second-order valence-electron chi connectivity index (χ2n) is 7.19. The third kappa shape index (κ3) is 6.23. The molecule has 2 aromatic rings.